The molecular formula is C12H17NO3. The lowest BCUT2D eigenvalue weighted by molar-refractivity contribution is 0.0672. The van der Waals surface area contributed by atoms with E-state index in [-0.39, 0.29) is 5.56 Å². The van der Waals surface area contributed by atoms with E-state index in [1.54, 1.807) is 12.1 Å². The zero-order chi connectivity index (χ0) is 12.3. The molecule has 0 aliphatic heterocycles. The van der Waals surface area contributed by atoms with Crippen LogP contribution in [-0.2, 0) is 0 Å². The Labute approximate surface area is 95.0 Å². The molecule has 0 unspecified atom stereocenters. The summed E-state index contributed by atoms with van der Waals surface area (Å²) in [6, 6.07) is 4.55. The molecule has 0 aliphatic carbocycles. The van der Waals surface area contributed by atoms with Gasteiger partial charge in [-0.15, -0.1) is 0 Å². The minimum absolute atomic E-state index is 0.135. The lowest BCUT2D eigenvalue weighted by Crippen LogP contribution is -2.27. The molecule has 0 radical (unpaired) electrons. The topological polar surface area (TPSA) is 72.5 Å². The van der Waals surface area contributed by atoms with Crippen molar-refractivity contribution in [2.75, 3.05) is 5.73 Å². The number of hydrogen-bond acceptors (Lipinski definition) is 3. The van der Waals surface area contributed by atoms with Gasteiger partial charge < -0.3 is 15.6 Å². The summed E-state index contributed by atoms with van der Waals surface area (Å²) in [5, 5.41) is 9.01. The number of anilines is 1. The van der Waals surface area contributed by atoms with E-state index in [2.05, 4.69) is 0 Å². The highest BCUT2D eigenvalue weighted by molar-refractivity contribution is 5.91. The molecule has 0 aliphatic rings. The molecule has 3 N–H and O–H groups in total. The second-order valence-electron chi connectivity index (χ2n) is 4.28. The van der Waals surface area contributed by atoms with Crippen LogP contribution in [0.4, 0.5) is 5.69 Å². The van der Waals surface area contributed by atoms with Crippen molar-refractivity contribution in [2.45, 2.75) is 32.8 Å². The number of rotatable bonds is 4. The van der Waals surface area contributed by atoms with Crippen molar-refractivity contribution in [1.29, 1.82) is 0 Å². The molecule has 0 saturated carbocycles. The van der Waals surface area contributed by atoms with Crippen LogP contribution in [0, 0.1) is 0 Å². The summed E-state index contributed by atoms with van der Waals surface area (Å²) in [6.07, 6.45) is 0.779. The van der Waals surface area contributed by atoms with Crippen LogP contribution in [0.1, 0.15) is 37.6 Å². The minimum atomic E-state index is -1.01. The minimum Gasteiger partial charge on any atom is -0.487 e. The van der Waals surface area contributed by atoms with E-state index in [4.69, 9.17) is 15.6 Å². The van der Waals surface area contributed by atoms with E-state index in [1.165, 1.54) is 6.07 Å². The van der Waals surface area contributed by atoms with Gasteiger partial charge in [-0.05, 0) is 32.4 Å². The van der Waals surface area contributed by atoms with Crippen LogP contribution in [0.25, 0.3) is 0 Å². The maximum absolute atomic E-state index is 11.0. The van der Waals surface area contributed by atoms with Gasteiger partial charge in [-0.2, -0.15) is 0 Å². The van der Waals surface area contributed by atoms with Crippen molar-refractivity contribution in [3.8, 4) is 5.75 Å². The molecule has 0 fully saturated rings. The monoisotopic (exact) mass is 223 g/mol. The van der Waals surface area contributed by atoms with Gasteiger partial charge in [-0.3, -0.25) is 0 Å². The summed E-state index contributed by atoms with van der Waals surface area (Å²) in [6.45, 7) is 5.79. The van der Waals surface area contributed by atoms with Crippen molar-refractivity contribution in [3.05, 3.63) is 23.8 Å². The van der Waals surface area contributed by atoms with Crippen molar-refractivity contribution in [1.82, 2.24) is 0 Å². The van der Waals surface area contributed by atoms with Gasteiger partial charge in [-0.25, -0.2) is 4.79 Å². The Hall–Kier alpha value is -1.71. The second-order valence-corrected chi connectivity index (χ2v) is 4.28. The molecule has 4 heteroatoms. The van der Waals surface area contributed by atoms with Gasteiger partial charge in [0.25, 0.3) is 0 Å². The standard InChI is InChI=1S/C12H17NO3/c1-4-12(2,3)16-10-7-8(13)5-6-9(10)11(14)15/h5-7H,4,13H2,1-3H3,(H,14,15). The fourth-order valence-electron chi connectivity index (χ4n) is 1.17. The molecule has 0 atom stereocenters. The first-order valence-electron chi connectivity index (χ1n) is 5.17. The van der Waals surface area contributed by atoms with Crippen molar-refractivity contribution >= 4 is 11.7 Å². The van der Waals surface area contributed by atoms with Crippen LogP contribution >= 0.6 is 0 Å². The Morgan fingerprint density at radius 2 is 2.12 bits per heavy atom. The van der Waals surface area contributed by atoms with Gasteiger partial charge in [0, 0.05) is 11.8 Å². The van der Waals surface area contributed by atoms with E-state index in [9.17, 15) is 4.79 Å². The van der Waals surface area contributed by atoms with Crippen molar-refractivity contribution < 1.29 is 14.6 Å². The van der Waals surface area contributed by atoms with Gasteiger partial charge in [-0.1, -0.05) is 6.92 Å². The van der Waals surface area contributed by atoms with Crippen LogP contribution in [0.2, 0.25) is 0 Å². The predicted molar refractivity (Wildman–Crippen MR) is 62.8 cm³/mol. The highest BCUT2D eigenvalue weighted by Gasteiger charge is 2.21. The number of benzene rings is 1. The van der Waals surface area contributed by atoms with Crippen molar-refractivity contribution in [2.24, 2.45) is 0 Å². The Balaban J connectivity index is 3.10. The third-order valence-corrected chi connectivity index (χ3v) is 2.47. The zero-order valence-electron chi connectivity index (χ0n) is 9.78. The average molecular weight is 223 g/mol. The van der Waals surface area contributed by atoms with E-state index in [0.29, 0.717) is 11.4 Å². The third-order valence-electron chi connectivity index (χ3n) is 2.47. The molecule has 1 rings (SSSR count). The lowest BCUT2D eigenvalue weighted by atomic mass is 10.1. The van der Waals surface area contributed by atoms with Gasteiger partial charge in [0.15, 0.2) is 0 Å². The smallest absolute Gasteiger partial charge is 0.339 e. The van der Waals surface area contributed by atoms with E-state index >= 15 is 0 Å². The molecule has 4 nitrogen and oxygen atoms in total. The SMILES string of the molecule is CCC(C)(C)Oc1cc(N)ccc1C(=O)O. The van der Waals surface area contributed by atoms with Gasteiger partial charge in [0.05, 0.1) is 0 Å². The fourth-order valence-corrected chi connectivity index (χ4v) is 1.17. The summed E-state index contributed by atoms with van der Waals surface area (Å²) in [4.78, 5) is 11.0. The first-order valence-corrected chi connectivity index (χ1v) is 5.17. The first-order chi connectivity index (χ1) is 7.35. The molecule has 16 heavy (non-hydrogen) atoms. The normalized spacial score (nSPS) is 11.2. The Morgan fingerprint density at radius 1 is 1.50 bits per heavy atom. The number of carbonyl (C=O) groups is 1. The Bertz CT molecular complexity index is 399. The van der Waals surface area contributed by atoms with Crippen LogP contribution < -0.4 is 10.5 Å². The number of carboxylic acid groups (broad SMARTS) is 1. The highest BCUT2D eigenvalue weighted by atomic mass is 16.5. The van der Waals surface area contributed by atoms with Gasteiger partial charge in [0.2, 0.25) is 0 Å². The van der Waals surface area contributed by atoms with Crippen LogP contribution in [0.3, 0.4) is 0 Å². The number of nitrogen functional groups attached to an aromatic ring is 1. The van der Waals surface area contributed by atoms with Crippen LogP contribution in [0.15, 0.2) is 18.2 Å². The largest absolute Gasteiger partial charge is 0.487 e. The average Bonchev–Trinajstić information content (AvgIpc) is 2.16. The highest BCUT2D eigenvalue weighted by Crippen LogP contribution is 2.27. The molecule has 0 aromatic heterocycles. The quantitative estimate of drug-likeness (QED) is 0.769. The molecule has 0 bridgehead atoms. The lowest BCUT2D eigenvalue weighted by Gasteiger charge is -2.25. The second kappa shape index (κ2) is 4.43. The number of hydrogen-bond donors (Lipinski definition) is 2. The number of aromatic carboxylic acids is 1. The Morgan fingerprint density at radius 3 is 2.62 bits per heavy atom. The fraction of sp³-hybridized carbons (Fsp3) is 0.417. The Kier molecular flexibility index (Phi) is 3.42. The van der Waals surface area contributed by atoms with Crippen LogP contribution in [-0.4, -0.2) is 16.7 Å². The predicted octanol–water partition coefficient (Wildman–Crippen LogP) is 2.53. The summed E-state index contributed by atoms with van der Waals surface area (Å²) < 4.78 is 5.66. The molecular weight excluding hydrogens is 206 g/mol. The summed E-state index contributed by atoms with van der Waals surface area (Å²) >= 11 is 0. The molecule has 0 saturated heterocycles. The third kappa shape index (κ3) is 2.89. The first kappa shape index (κ1) is 12.4. The molecule has 0 amide bonds. The maximum Gasteiger partial charge on any atom is 0.339 e. The molecule has 1 aromatic carbocycles. The zero-order valence-corrected chi connectivity index (χ0v) is 9.78. The van der Waals surface area contributed by atoms with E-state index in [0.717, 1.165) is 6.42 Å². The molecule has 0 spiro atoms. The van der Waals surface area contributed by atoms with Crippen molar-refractivity contribution in [3.63, 3.8) is 0 Å². The summed E-state index contributed by atoms with van der Waals surface area (Å²) in [5.74, 6) is -0.693. The number of ether oxygens (including phenoxy) is 1. The maximum atomic E-state index is 11.0. The number of carboxylic acids is 1. The van der Waals surface area contributed by atoms with E-state index in [1.807, 2.05) is 20.8 Å². The summed E-state index contributed by atoms with van der Waals surface area (Å²) in [7, 11) is 0. The van der Waals surface area contributed by atoms with E-state index < -0.39 is 11.6 Å². The molecule has 1 aromatic rings. The van der Waals surface area contributed by atoms with Gasteiger partial charge >= 0.3 is 5.97 Å². The molecule has 0 heterocycles. The van der Waals surface area contributed by atoms with Gasteiger partial charge in [0.1, 0.15) is 16.9 Å². The number of nitrogens with two attached hydrogens (primary N) is 1. The molecule has 88 valence electrons. The summed E-state index contributed by atoms with van der Waals surface area (Å²) in [5.41, 5.74) is 5.84. The van der Waals surface area contributed by atoms with Crippen LogP contribution in [0.5, 0.6) is 5.75 Å².